The quantitative estimate of drug-likeness (QED) is 0.483. The molecule has 8 nitrogen and oxygen atoms in total. The van der Waals surface area contributed by atoms with Crippen molar-refractivity contribution in [3.8, 4) is 11.1 Å². The molecule has 4 aromatic heterocycles. The highest BCUT2D eigenvalue weighted by molar-refractivity contribution is 6.01. The number of amides is 1. The van der Waals surface area contributed by atoms with E-state index in [0.29, 0.717) is 12.1 Å². The predicted octanol–water partition coefficient (Wildman–Crippen LogP) is 3.65. The van der Waals surface area contributed by atoms with Gasteiger partial charge in [0.15, 0.2) is 0 Å². The van der Waals surface area contributed by atoms with Crippen molar-refractivity contribution in [2.24, 2.45) is 0 Å². The van der Waals surface area contributed by atoms with Crippen molar-refractivity contribution < 1.29 is 4.79 Å². The standard InChI is InChI=1S/C28H29N7O/c1-18-4-7-29-19(2)26(18)21-14-23-22(5-8-30-27(23)31-16-21)20-6-9-35-25(15-20)24(17-32-35)28(36)34-12-10-33(3)11-13-34/h4-7,9,14-17H,8,10-13H2,1-3H3,(H,30,31). The molecule has 8 heteroatoms. The number of hydrogen-bond acceptors (Lipinski definition) is 6. The van der Waals surface area contributed by atoms with E-state index in [1.807, 2.05) is 36.5 Å². The fraction of sp³-hybridized carbons (Fsp3) is 0.286. The van der Waals surface area contributed by atoms with Gasteiger partial charge in [-0.25, -0.2) is 9.50 Å². The maximum atomic E-state index is 13.3. The molecule has 1 amide bonds. The van der Waals surface area contributed by atoms with Gasteiger partial charge in [0.25, 0.3) is 5.91 Å². The second-order valence-corrected chi connectivity index (χ2v) is 9.61. The Balaban J connectivity index is 1.40. The molecule has 0 aliphatic carbocycles. The second-order valence-electron chi connectivity index (χ2n) is 9.61. The Morgan fingerprint density at radius 2 is 1.83 bits per heavy atom. The van der Waals surface area contributed by atoms with Gasteiger partial charge in [0.2, 0.25) is 0 Å². The van der Waals surface area contributed by atoms with Crippen LogP contribution in [0.4, 0.5) is 5.82 Å². The van der Waals surface area contributed by atoms with Crippen molar-refractivity contribution in [3.63, 3.8) is 0 Å². The molecule has 6 heterocycles. The third-order valence-electron chi connectivity index (χ3n) is 7.24. The summed E-state index contributed by atoms with van der Waals surface area (Å²) in [6.45, 7) is 8.07. The van der Waals surface area contributed by atoms with Gasteiger partial charge in [0, 0.05) is 73.7 Å². The van der Waals surface area contributed by atoms with Gasteiger partial charge in [-0.15, -0.1) is 0 Å². The molecule has 1 saturated heterocycles. The molecule has 0 atom stereocenters. The Labute approximate surface area is 210 Å². The zero-order valence-electron chi connectivity index (χ0n) is 20.8. The Kier molecular flexibility index (Phi) is 5.53. The molecule has 36 heavy (non-hydrogen) atoms. The van der Waals surface area contributed by atoms with Gasteiger partial charge in [-0.3, -0.25) is 9.78 Å². The number of rotatable bonds is 3. The number of hydrogen-bond donors (Lipinski definition) is 1. The lowest BCUT2D eigenvalue weighted by molar-refractivity contribution is 0.0666. The molecular weight excluding hydrogens is 450 g/mol. The number of anilines is 1. The van der Waals surface area contributed by atoms with Crippen LogP contribution in [0.25, 0.3) is 22.2 Å². The van der Waals surface area contributed by atoms with Crippen molar-refractivity contribution in [1.29, 1.82) is 0 Å². The SMILES string of the molecule is Cc1ccnc(C)c1-c1cnc2c(c1)C(c1ccn3ncc(C(=O)N4CCN(C)CC4)c3c1)=CCN2. The number of aryl methyl sites for hydroxylation is 2. The first-order chi connectivity index (χ1) is 17.5. The molecular formula is C28H29N7O. The van der Waals surface area contributed by atoms with E-state index in [2.05, 4.69) is 58.5 Å². The largest absolute Gasteiger partial charge is 0.366 e. The average molecular weight is 480 g/mol. The van der Waals surface area contributed by atoms with Crippen LogP contribution < -0.4 is 5.32 Å². The number of aromatic nitrogens is 4. The van der Waals surface area contributed by atoms with Gasteiger partial charge in [0.05, 0.1) is 17.3 Å². The van der Waals surface area contributed by atoms with E-state index in [4.69, 9.17) is 4.98 Å². The minimum absolute atomic E-state index is 0.0430. The molecule has 0 saturated carbocycles. The van der Waals surface area contributed by atoms with Gasteiger partial charge < -0.3 is 15.1 Å². The van der Waals surface area contributed by atoms with Crippen LogP contribution >= 0.6 is 0 Å². The van der Waals surface area contributed by atoms with Crippen molar-refractivity contribution >= 4 is 22.8 Å². The number of nitrogens with zero attached hydrogens (tertiary/aromatic N) is 6. The first-order valence-corrected chi connectivity index (χ1v) is 12.3. The van der Waals surface area contributed by atoms with Crippen LogP contribution in [-0.2, 0) is 0 Å². The van der Waals surface area contributed by atoms with Crippen LogP contribution in [0.2, 0.25) is 0 Å². The van der Waals surface area contributed by atoms with Crippen molar-refractivity contribution in [2.75, 3.05) is 45.1 Å². The smallest absolute Gasteiger partial charge is 0.257 e. The van der Waals surface area contributed by atoms with Gasteiger partial charge in [-0.2, -0.15) is 5.10 Å². The number of likely N-dealkylation sites (N-methyl/N-ethyl adjacent to an activating group) is 1. The highest BCUT2D eigenvalue weighted by Gasteiger charge is 2.24. The number of piperazine rings is 1. The molecule has 0 bridgehead atoms. The van der Waals surface area contributed by atoms with Crippen molar-refractivity contribution in [1.82, 2.24) is 29.4 Å². The lowest BCUT2D eigenvalue weighted by atomic mass is 9.92. The summed E-state index contributed by atoms with van der Waals surface area (Å²) < 4.78 is 1.78. The van der Waals surface area contributed by atoms with E-state index < -0.39 is 0 Å². The van der Waals surface area contributed by atoms with Crippen LogP contribution in [0.3, 0.4) is 0 Å². The summed E-state index contributed by atoms with van der Waals surface area (Å²) in [4.78, 5) is 26.8. The number of nitrogens with one attached hydrogen (secondary N) is 1. The fourth-order valence-electron chi connectivity index (χ4n) is 5.20. The van der Waals surface area contributed by atoms with Crippen molar-refractivity contribution in [3.05, 3.63) is 83.1 Å². The predicted molar refractivity (Wildman–Crippen MR) is 141 cm³/mol. The number of pyridine rings is 3. The zero-order valence-corrected chi connectivity index (χ0v) is 20.8. The third-order valence-corrected chi connectivity index (χ3v) is 7.24. The molecule has 6 rings (SSSR count). The molecule has 2 aliphatic rings. The molecule has 1 N–H and O–H groups in total. The van der Waals surface area contributed by atoms with Gasteiger partial charge >= 0.3 is 0 Å². The monoisotopic (exact) mass is 479 g/mol. The number of carbonyl (C=O) groups excluding carboxylic acids is 1. The Bertz CT molecular complexity index is 1490. The first-order valence-electron chi connectivity index (χ1n) is 12.3. The maximum Gasteiger partial charge on any atom is 0.257 e. The first kappa shape index (κ1) is 22.4. The summed E-state index contributed by atoms with van der Waals surface area (Å²) in [5, 5.41) is 7.85. The normalized spacial score (nSPS) is 16.0. The summed E-state index contributed by atoms with van der Waals surface area (Å²) in [5.74, 6) is 0.902. The van der Waals surface area contributed by atoms with E-state index in [1.165, 1.54) is 5.56 Å². The lowest BCUT2D eigenvalue weighted by Gasteiger charge is -2.32. The lowest BCUT2D eigenvalue weighted by Crippen LogP contribution is -2.47. The van der Waals surface area contributed by atoms with Crippen LogP contribution in [-0.4, -0.2) is 75.1 Å². The molecule has 182 valence electrons. The van der Waals surface area contributed by atoms with Crippen LogP contribution in [0.15, 0.2) is 55.1 Å². The topological polar surface area (TPSA) is 78.7 Å². The van der Waals surface area contributed by atoms with Crippen LogP contribution in [0, 0.1) is 13.8 Å². The number of carbonyl (C=O) groups is 1. The average Bonchev–Trinajstić information content (AvgIpc) is 3.31. The van der Waals surface area contributed by atoms with Gasteiger partial charge in [-0.1, -0.05) is 6.08 Å². The van der Waals surface area contributed by atoms with Crippen molar-refractivity contribution in [2.45, 2.75) is 13.8 Å². The summed E-state index contributed by atoms with van der Waals surface area (Å²) in [6.07, 6.45) is 9.56. The van der Waals surface area contributed by atoms with E-state index in [1.54, 1.807) is 10.7 Å². The number of fused-ring (bicyclic) bond motifs is 2. The van der Waals surface area contributed by atoms with Crippen LogP contribution in [0.1, 0.15) is 32.7 Å². The maximum absolute atomic E-state index is 13.3. The molecule has 2 aliphatic heterocycles. The summed E-state index contributed by atoms with van der Waals surface area (Å²) >= 11 is 0. The summed E-state index contributed by atoms with van der Waals surface area (Å²) in [6, 6.07) is 8.35. The van der Waals surface area contributed by atoms with Crippen LogP contribution in [0.5, 0.6) is 0 Å². The molecule has 4 aromatic rings. The third kappa shape index (κ3) is 3.83. The zero-order chi connectivity index (χ0) is 24.8. The minimum Gasteiger partial charge on any atom is -0.366 e. The van der Waals surface area contributed by atoms with E-state index in [9.17, 15) is 4.79 Å². The highest BCUT2D eigenvalue weighted by Crippen LogP contribution is 2.36. The van der Waals surface area contributed by atoms with E-state index >= 15 is 0 Å². The Morgan fingerprint density at radius 1 is 1.00 bits per heavy atom. The summed E-state index contributed by atoms with van der Waals surface area (Å²) in [7, 11) is 2.09. The molecule has 0 aromatic carbocycles. The fourth-order valence-corrected chi connectivity index (χ4v) is 5.20. The van der Waals surface area contributed by atoms with E-state index in [0.717, 1.165) is 71.0 Å². The molecule has 1 fully saturated rings. The minimum atomic E-state index is 0.0430. The molecule has 0 radical (unpaired) electrons. The molecule has 0 spiro atoms. The second kappa shape index (κ2) is 8.87. The summed E-state index contributed by atoms with van der Waals surface area (Å²) in [5.41, 5.74) is 8.95. The highest BCUT2D eigenvalue weighted by atomic mass is 16.2. The van der Waals surface area contributed by atoms with Gasteiger partial charge in [-0.05, 0) is 61.9 Å². The molecule has 0 unspecified atom stereocenters. The van der Waals surface area contributed by atoms with E-state index in [-0.39, 0.29) is 5.91 Å². The Hall–Kier alpha value is -4.04. The Morgan fingerprint density at radius 3 is 2.64 bits per heavy atom. The van der Waals surface area contributed by atoms with Gasteiger partial charge in [0.1, 0.15) is 5.82 Å².